The minimum absolute atomic E-state index is 0.0955. The summed E-state index contributed by atoms with van der Waals surface area (Å²) in [6, 6.07) is -0.0955. The molecule has 0 saturated carbocycles. The van der Waals surface area contributed by atoms with Crippen LogP contribution in [0.3, 0.4) is 0 Å². The predicted molar refractivity (Wildman–Crippen MR) is 73.2 cm³/mol. The molecule has 4 nitrogen and oxygen atoms in total. The van der Waals surface area contributed by atoms with Gasteiger partial charge >= 0.3 is 0 Å². The SMILES string of the molecule is CCCNC(=O)C(C)NCCN(CC)CCC. The molecule has 4 heteroatoms. The van der Waals surface area contributed by atoms with Crippen LogP contribution in [0.15, 0.2) is 0 Å². The minimum Gasteiger partial charge on any atom is -0.355 e. The molecule has 1 amide bonds. The molecule has 17 heavy (non-hydrogen) atoms. The Kier molecular flexibility index (Phi) is 10.2. The number of likely N-dealkylation sites (N-methyl/N-ethyl adjacent to an activating group) is 1. The van der Waals surface area contributed by atoms with E-state index in [9.17, 15) is 4.79 Å². The number of hydrogen-bond donors (Lipinski definition) is 2. The standard InChI is InChI=1S/C13H29N3O/c1-5-8-15-13(17)12(4)14-9-11-16(7-3)10-6-2/h12,14H,5-11H2,1-4H3,(H,15,17). The number of nitrogens with one attached hydrogen (secondary N) is 2. The largest absolute Gasteiger partial charge is 0.355 e. The number of nitrogens with zero attached hydrogens (tertiary/aromatic N) is 1. The maximum Gasteiger partial charge on any atom is 0.236 e. The van der Waals surface area contributed by atoms with Gasteiger partial charge in [-0.05, 0) is 32.9 Å². The monoisotopic (exact) mass is 243 g/mol. The molecule has 0 spiro atoms. The van der Waals surface area contributed by atoms with E-state index in [0.29, 0.717) is 0 Å². The van der Waals surface area contributed by atoms with E-state index in [4.69, 9.17) is 0 Å². The van der Waals surface area contributed by atoms with Crippen molar-refractivity contribution < 1.29 is 4.79 Å². The minimum atomic E-state index is -0.0955. The first-order chi connectivity index (χ1) is 8.15. The second kappa shape index (κ2) is 10.5. The lowest BCUT2D eigenvalue weighted by atomic mass is 10.3. The van der Waals surface area contributed by atoms with E-state index in [-0.39, 0.29) is 11.9 Å². The summed E-state index contributed by atoms with van der Waals surface area (Å²) in [5.74, 6) is 0.102. The summed E-state index contributed by atoms with van der Waals surface area (Å²) in [7, 11) is 0. The van der Waals surface area contributed by atoms with Gasteiger partial charge in [-0.3, -0.25) is 4.79 Å². The van der Waals surface area contributed by atoms with Gasteiger partial charge < -0.3 is 15.5 Å². The fraction of sp³-hybridized carbons (Fsp3) is 0.923. The Morgan fingerprint density at radius 2 is 1.82 bits per heavy atom. The lowest BCUT2D eigenvalue weighted by Gasteiger charge is -2.21. The highest BCUT2D eigenvalue weighted by atomic mass is 16.2. The van der Waals surface area contributed by atoms with Crippen LogP contribution in [0.1, 0.15) is 40.5 Å². The number of carbonyl (C=O) groups is 1. The molecule has 0 bridgehead atoms. The van der Waals surface area contributed by atoms with E-state index in [1.54, 1.807) is 0 Å². The highest BCUT2D eigenvalue weighted by molar-refractivity contribution is 5.81. The van der Waals surface area contributed by atoms with Crippen molar-refractivity contribution in [1.29, 1.82) is 0 Å². The first kappa shape index (κ1) is 16.4. The third-order valence-corrected chi connectivity index (χ3v) is 2.81. The fourth-order valence-electron chi connectivity index (χ4n) is 1.68. The third-order valence-electron chi connectivity index (χ3n) is 2.81. The molecule has 0 aliphatic heterocycles. The van der Waals surface area contributed by atoms with Crippen molar-refractivity contribution in [3.05, 3.63) is 0 Å². The van der Waals surface area contributed by atoms with E-state index in [2.05, 4.69) is 36.3 Å². The van der Waals surface area contributed by atoms with E-state index in [1.165, 1.54) is 6.42 Å². The Hall–Kier alpha value is -0.610. The van der Waals surface area contributed by atoms with Crippen LogP contribution < -0.4 is 10.6 Å². The van der Waals surface area contributed by atoms with Crippen molar-refractivity contribution >= 4 is 5.91 Å². The van der Waals surface area contributed by atoms with Crippen LogP contribution in [-0.4, -0.2) is 49.6 Å². The highest BCUT2D eigenvalue weighted by Gasteiger charge is 2.11. The molecule has 0 radical (unpaired) electrons. The summed E-state index contributed by atoms with van der Waals surface area (Å²) in [5, 5.41) is 6.16. The molecule has 0 aromatic carbocycles. The van der Waals surface area contributed by atoms with Gasteiger partial charge in [0.05, 0.1) is 6.04 Å². The molecule has 1 atom stereocenters. The van der Waals surface area contributed by atoms with Gasteiger partial charge in [-0.2, -0.15) is 0 Å². The van der Waals surface area contributed by atoms with E-state index < -0.39 is 0 Å². The lowest BCUT2D eigenvalue weighted by Crippen LogP contribution is -2.45. The Morgan fingerprint density at radius 3 is 2.35 bits per heavy atom. The van der Waals surface area contributed by atoms with Gasteiger partial charge in [0.1, 0.15) is 0 Å². The van der Waals surface area contributed by atoms with Crippen molar-refractivity contribution in [2.45, 2.75) is 46.6 Å². The van der Waals surface area contributed by atoms with Gasteiger partial charge in [0.2, 0.25) is 5.91 Å². The Balaban J connectivity index is 3.68. The molecule has 102 valence electrons. The van der Waals surface area contributed by atoms with Crippen molar-refractivity contribution in [3.63, 3.8) is 0 Å². The number of carbonyl (C=O) groups excluding carboxylic acids is 1. The molecule has 2 N–H and O–H groups in total. The lowest BCUT2D eigenvalue weighted by molar-refractivity contribution is -0.122. The molecule has 0 aliphatic carbocycles. The van der Waals surface area contributed by atoms with E-state index in [1.807, 2.05) is 6.92 Å². The van der Waals surface area contributed by atoms with Crippen molar-refractivity contribution in [2.24, 2.45) is 0 Å². The zero-order chi connectivity index (χ0) is 13.1. The molecule has 0 aromatic heterocycles. The number of hydrogen-bond acceptors (Lipinski definition) is 3. The number of amides is 1. The van der Waals surface area contributed by atoms with Crippen LogP contribution in [0.25, 0.3) is 0 Å². The molecule has 0 rings (SSSR count). The van der Waals surface area contributed by atoms with Crippen LogP contribution in [-0.2, 0) is 4.79 Å². The smallest absolute Gasteiger partial charge is 0.236 e. The maximum absolute atomic E-state index is 11.6. The van der Waals surface area contributed by atoms with Crippen molar-refractivity contribution in [2.75, 3.05) is 32.7 Å². The Bertz CT molecular complexity index is 197. The average Bonchev–Trinajstić information content (AvgIpc) is 2.34. The maximum atomic E-state index is 11.6. The molecule has 0 saturated heterocycles. The topological polar surface area (TPSA) is 44.4 Å². The highest BCUT2D eigenvalue weighted by Crippen LogP contribution is 1.90. The predicted octanol–water partition coefficient (Wildman–Crippen LogP) is 1.22. The summed E-state index contributed by atoms with van der Waals surface area (Å²) in [6.45, 7) is 13.2. The summed E-state index contributed by atoms with van der Waals surface area (Å²) in [4.78, 5) is 14.0. The first-order valence-electron chi connectivity index (χ1n) is 6.89. The Labute approximate surface area is 106 Å². The summed E-state index contributed by atoms with van der Waals surface area (Å²) >= 11 is 0. The van der Waals surface area contributed by atoms with Crippen LogP contribution >= 0.6 is 0 Å². The molecule has 0 fully saturated rings. The zero-order valence-corrected chi connectivity index (χ0v) is 11.9. The third kappa shape index (κ3) is 8.16. The van der Waals surface area contributed by atoms with E-state index in [0.717, 1.165) is 39.1 Å². The van der Waals surface area contributed by atoms with Gasteiger partial charge in [-0.25, -0.2) is 0 Å². The summed E-state index contributed by atoms with van der Waals surface area (Å²) in [6.07, 6.45) is 2.17. The van der Waals surface area contributed by atoms with Crippen molar-refractivity contribution in [3.8, 4) is 0 Å². The molecule has 0 aromatic rings. The molecule has 1 unspecified atom stereocenters. The van der Waals surface area contributed by atoms with E-state index >= 15 is 0 Å². The zero-order valence-electron chi connectivity index (χ0n) is 11.9. The van der Waals surface area contributed by atoms with Gasteiger partial charge in [0.15, 0.2) is 0 Å². The average molecular weight is 243 g/mol. The quantitative estimate of drug-likeness (QED) is 0.606. The Morgan fingerprint density at radius 1 is 1.12 bits per heavy atom. The van der Waals surface area contributed by atoms with Crippen LogP contribution in [0.5, 0.6) is 0 Å². The number of rotatable bonds is 10. The summed E-state index contributed by atoms with van der Waals surface area (Å²) in [5.41, 5.74) is 0. The summed E-state index contributed by atoms with van der Waals surface area (Å²) < 4.78 is 0. The second-order valence-electron chi connectivity index (χ2n) is 4.40. The molecular formula is C13H29N3O. The fourth-order valence-corrected chi connectivity index (χ4v) is 1.68. The molecular weight excluding hydrogens is 214 g/mol. The van der Waals surface area contributed by atoms with Gasteiger partial charge in [-0.15, -0.1) is 0 Å². The normalized spacial score (nSPS) is 12.8. The van der Waals surface area contributed by atoms with Crippen molar-refractivity contribution in [1.82, 2.24) is 15.5 Å². The van der Waals surface area contributed by atoms with Crippen LogP contribution in [0, 0.1) is 0 Å². The second-order valence-corrected chi connectivity index (χ2v) is 4.40. The first-order valence-corrected chi connectivity index (χ1v) is 6.89. The van der Waals surface area contributed by atoms with Crippen LogP contribution in [0.2, 0.25) is 0 Å². The van der Waals surface area contributed by atoms with Gasteiger partial charge in [0.25, 0.3) is 0 Å². The van der Waals surface area contributed by atoms with Gasteiger partial charge in [0, 0.05) is 19.6 Å². The molecule has 0 heterocycles. The van der Waals surface area contributed by atoms with Gasteiger partial charge in [-0.1, -0.05) is 20.8 Å². The van der Waals surface area contributed by atoms with Crippen LogP contribution in [0.4, 0.5) is 0 Å². The molecule has 0 aliphatic rings.